The van der Waals surface area contributed by atoms with Crippen LogP contribution in [-0.2, 0) is 16.1 Å². The summed E-state index contributed by atoms with van der Waals surface area (Å²) in [5, 5.41) is 0. The SMILES string of the molecule is CC1CC(C)(CC=O)CN1C(=O)OCc1ccccc1. The van der Waals surface area contributed by atoms with E-state index in [1.165, 1.54) is 0 Å². The van der Waals surface area contributed by atoms with Crippen molar-refractivity contribution in [3.63, 3.8) is 0 Å². The maximum atomic E-state index is 12.1. The van der Waals surface area contributed by atoms with Gasteiger partial charge in [0, 0.05) is 19.0 Å². The molecular formula is C16H21NO3. The van der Waals surface area contributed by atoms with E-state index in [0.29, 0.717) is 13.0 Å². The molecular weight excluding hydrogens is 254 g/mol. The average molecular weight is 275 g/mol. The molecule has 0 aromatic heterocycles. The zero-order chi connectivity index (χ0) is 14.6. The Balaban J connectivity index is 1.91. The molecule has 2 rings (SSSR count). The summed E-state index contributed by atoms with van der Waals surface area (Å²) in [5.41, 5.74) is 0.857. The fourth-order valence-electron chi connectivity index (χ4n) is 2.85. The molecule has 1 aliphatic heterocycles. The van der Waals surface area contributed by atoms with Crippen LogP contribution in [0.1, 0.15) is 32.3 Å². The molecule has 0 saturated carbocycles. The summed E-state index contributed by atoms with van der Waals surface area (Å²) in [5.74, 6) is 0. The van der Waals surface area contributed by atoms with Gasteiger partial charge in [0.15, 0.2) is 0 Å². The minimum atomic E-state index is -0.295. The highest BCUT2D eigenvalue weighted by molar-refractivity contribution is 5.69. The molecule has 0 spiro atoms. The van der Waals surface area contributed by atoms with Gasteiger partial charge >= 0.3 is 6.09 Å². The second kappa shape index (κ2) is 6.07. The summed E-state index contributed by atoms with van der Waals surface area (Å²) in [6.45, 7) is 4.91. The van der Waals surface area contributed by atoms with Crippen LogP contribution in [0, 0.1) is 5.41 Å². The van der Waals surface area contributed by atoms with E-state index in [2.05, 4.69) is 0 Å². The minimum Gasteiger partial charge on any atom is -0.445 e. The van der Waals surface area contributed by atoms with E-state index in [9.17, 15) is 9.59 Å². The van der Waals surface area contributed by atoms with Crippen molar-refractivity contribution >= 4 is 12.4 Å². The number of nitrogens with zero attached hydrogens (tertiary/aromatic N) is 1. The topological polar surface area (TPSA) is 46.6 Å². The highest BCUT2D eigenvalue weighted by Gasteiger charge is 2.41. The van der Waals surface area contributed by atoms with E-state index < -0.39 is 0 Å². The van der Waals surface area contributed by atoms with E-state index in [0.717, 1.165) is 18.3 Å². The molecule has 108 valence electrons. The highest BCUT2D eigenvalue weighted by Crippen LogP contribution is 2.37. The molecule has 0 radical (unpaired) electrons. The van der Waals surface area contributed by atoms with E-state index in [-0.39, 0.29) is 24.2 Å². The molecule has 1 aliphatic rings. The Bertz CT molecular complexity index is 474. The summed E-state index contributed by atoms with van der Waals surface area (Å²) in [4.78, 5) is 24.6. The summed E-state index contributed by atoms with van der Waals surface area (Å²) >= 11 is 0. The number of likely N-dealkylation sites (tertiary alicyclic amines) is 1. The van der Waals surface area contributed by atoms with Crippen LogP contribution in [0.2, 0.25) is 0 Å². The first kappa shape index (κ1) is 14.6. The lowest BCUT2D eigenvalue weighted by Gasteiger charge is -2.22. The van der Waals surface area contributed by atoms with E-state index in [1.54, 1.807) is 4.90 Å². The van der Waals surface area contributed by atoms with Crippen molar-refractivity contribution in [3.8, 4) is 0 Å². The van der Waals surface area contributed by atoms with Crippen molar-refractivity contribution in [2.75, 3.05) is 6.54 Å². The van der Waals surface area contributed by atoms with Crippen LogP contribution < -0.4 is 0 Å². The van der Waals surface area contributed by atoms with Gasteiger partial charge in [-0.15, -0.1) is 0 Å². The smallest absolute Gasteiger partial charge is 0.410 e. The van der Waals surface area contributed by atoms with Gasteiger partial charge in [0.2, 0.25) is 0 Å². The number of carbonyl (C=O) groups excluding carboxylic acids is 2. The zero-order valence-corrected chi connectivity index (χ0v) is 12.0. The van der Waals surface area contributed by atoms with Crippen LogP contribution in [0.25, 0.3) is 0 Å². The largest absolute Gasteiger partial charge is 0.445 e. The maximum Gasteiger partial charge on any atom is 0.410 e. The Morgan fingerprint density at radius 2 is 2.15 bits per heavy atom. The standard InChI is InChI=1S/C16H21NO3/c1-13-10-16(2,8-9-18)12-17(13)15(19)20-11-14-6-4-3-5-7-14/h3-7,9,13H,8,10-12H2,1-2H3. The van der Waals surface area contributed by atoms with Gasteiger partial charge in [0.05, 0.1) is 0 Å². The summed E-state index contributed by atoms with van der Waals surface area (Å²) in [6.07, 6.45) is 1.97. The quantitative estimate of drug-likeness (QED) is 0.793. The predicted molar refractivity (Wildman–Crippen MR) is 76.2 cm³/mol. The Morgan fingerprint density at radius 1 is 1.45 bits per heavy atom. The molecule has 1 aromatic carbocycles. The third kappa shape index (κ3) is 3.38. The number of aldehydes is 1. The molecule has 4 heteroatoms. The fourth-order valence-corrected chi connectivity index (χ4v) is 2.85. The lowest BCUT2D eigenvalue weighted by Crippen LogP contribution is -2.35. The number of hydrogen-bond acceptors (Lipinski definition) is 3. The molecule has 0 bridgehead atoms. The van der Waals surface area contributed by atoms with Crippen LogP contribution in [0.5, 0.6) is 0 Å². The third-order valence-corrected chi connectivity index (χ3v) is 3.89. The van der Waals surface area contributed by atoms with Crippen molar-refractivity contribution in [1.29, 1.82) is 0 Å². The van der Waals surface area contributed by atoms with Crippen molar-refractivity contribution in [1.82, 2.24) is 4.90 Å². The van der Waals surface area contributed by atoms with Crippen molar-refractivity contribution < 1.29 is 14.3 Å². The Morgan fingerprint density at radius 3 is 2.80 bits per heavy atom. The molecule has 4 nitrogen and oxygen atoms in total. The van der Waals surface area contributed by atoms with Gasteiger partial charge in [-0.3, -0.25) is 0 Å². The molecule has 2 unspecified atom stereocenters. The number of benzene rings is 1. The molecule has 1 heterocycles. The molecule has 1 amide bonds. The third-order valence-electron chi connectivity index (χ3n) is 3.89. The second-order valence-electron chi connectivity index (χ2n) is 5.90. The minimum absolute atomic E-state index is 0.114. The van der Waals surface area contributed by atoms with Gasteiger partial charge in [-0.25, -0.2) is 4.79 Å². The molecule has 1 fully saturated rings. The van der Waals surface area contributed by atoms with Gasteiger partial charge in [0.25, 0.3) is 0 Å². The van der Waals surface area contributed by atoms with Gasteiger partial charge in [-0.1, -0.05) is 37.3 Å². The van der Waals surface area contributed by atoms with Gasteiger partial charge in [-0.2, -0.15) is 0 Å². The van der Waals surface area contributed by atoms with E-state index >= 15 is 0 Å². The summed E-state index contributed by atoms with van der Waals surface area (Å²) in [6, 6.07) is 9.74. The van der Waals surface area contributed by atoms with Crippen LogP contribution in [-0.4, -0.2) is 29.9 Å². The molecule has 1 saturated heterocycles. The number of rotatable bonds is 4. The highest BCUT2D eigenvalue weighted by atomic mass is 16.6. The molecule has 0 aliphatic carbocycles. The van der Waals surface area contributed by atoms with Crippen LogP contribution in [0.4, 0.5) is 4.79 Å². The van der Waals surface area contributed by atoms with Crippen LogP contribution >= 0.6 is 0 Å². The van der Waals surface area contributed by atoms with Gasteiger partial charge in [-0.05, 0) is 24.3 Å². The molecule has 1 aromatic rings. The first-order valence-corrected chi connectivity index (χ1v) is 6.95. The van der Waals surface area contributed by atoms with Gasteiger partial charge < -0.3 is 14.4 Å². The Hall–Kier alpha value is -1.84. The van der Waals surface area contributed by atoms with Crippen LogP contribution in [0.3, 0.4) is 0 Å². The predicted octanol–water partition coefficient (Wildman–Crippen LogP) is 3.01. The molecule has 20 heavy (non-hydrogen) atoms. The summed E-state index contributed by atoms with van der Waals surface area (Å²) in [7, 11) is 0. The monoisotopic (exact) mass is 275 g/mol. The first-order valence-electron chi connectivity index (χ1n) is 6.95. The number of amides is 1. The summed E-state index contributed by atoms with van der Waals surface area (Å²) < 4.78 is 5.35. The number of hydrogen-bond donors (Lipinski definition) is 0. The van der Waals surface area contributed by atoms with E-state index in [1.807, 2.05) is 44.2 Å². The lowest BCUT2D eigenvalue weighted by molar-refractivity contribution is -0.109. The van der Waals surface area contributed by atoms with Gasteiger partial charge in [0.1, 0.15) is 12.9 Å². The molecule has 0 N–H and O–H groups in total. The zero-order valence-electron chi connectivity index (χ0n) is 12.0. The Kier molecular flexibility index (Phi) is 4.42. The number of carbonyl (C=O) groups is 2. The lowest BCUT2D eigenvalue weighted by atomic mass is 9.85. The normalized spacial score (nSPS) is 25.5. The Labute approximate surface area is 119 Å². The van der Waals surface area contributed by atoms with Crippen LogP contribution in [0.15, 0.2) is 30.3 Å². The second-order valence-corrected chi connectivity index (χ2v) is 5.90. The van der Waals surface area contributed by atoms with E-state index in [4.69, 9.17) is 4.74 Å². The fraction of sp³-hybridized carbons (Fsp3) is 0.500. The average Bonchev–Trinajstić information content (AvgIpc) is 2.73. The van der Waals surface area contributed by atoms with Crippen molar-refractivity contribution in [2.45, 2.75) is 39.3 Å². The van der Waals surface area contributed by atoms with Crippen molar-refractivity contribution in [2.24, 2.45) is 5.41 Å². The number of ether oxygens (including phenoxy) is 1. The molecule has 2 atom stereocenters. The maximum absolute atomic E-state index is 12.1. The first-order chi connectivity index (χ1) is 9.54. The van der Waals surface area contributed by atoms with Crippen molar-refractivity contribution in [3.05, 3.63) is 35.9 Å².